The first-order chi connectivity index (χ1) is 12.4. The Hall–Kier alpha value is -3.23. The maximum absolute atomic E-state index is 12.6. The minimum absolute atomic E-state index is 0.0440. The van der Waals surface area contributed by atoms with Gasteiger partial charge in [0.25, 0.3) is 0 Å². The maximum Gasteiger partial charge on any atom is 0.305 e. The van der Waals surface area contributed by atoms with Crippen molar-refractivity contribution in [1.82, 2.24) is 4.90 Å². The molecule has 1 fully saturated rings. The quantitative estimate of drug-likeness (QED) is 0.835. The molecule has 2 aliphatic heterocycles. The second-order valence-electron chi connectivity index (χ2n) is 5.96. The lowest BCUT2D eigenvalue weighted by molar-refractivity contribution is -0.139. The molecular weight excluding hydrogens is 352 g/mol. The van der Waals surface area contributed by atoms with Crippen molar-refractivity contribution in [3.8, 4) is 12.1 Å². The Morgan fingerprint density at radius 3 is 2.42 bits per heavy atom. The zero-order valence-corrected chi connectivity index (χ0v) is 14.6. The summed E-state index contributed by atoms with van der Waals surface area (Å²) in [6, 6.07) is 11.5. The average Bonchev–Trinajstić information content (AvgIpc) is 2.91. The summed E-state index contributed by atoms with van der Waals surface area (Å²) in [4.78, 5) is 24.7. The van der Waals surface area contributed by atoms with Crippen molar-refractivity contribution in [2.45, 2.75) is 24.5 Å². The zero-order chi connectivity index (χ0) is 19.0. The van der Waals surface area contributed by atoms with Crippen molar-refractivity contribution < 1.29 is 14.7 Å². The van der Waals surface area contributed by atoms with Gasteiger partial charge in [0.15, 0.2) is 0 Å². The molecule has 1 saturated heterocycles. The van der Waals surface area contributed by atoms with Crippen LogP contribution < -0.4 is 5.73 Å². The third-order valence-electron chi connectivity index (χ3n) is 4.29. The largest absolute Gasteiger partial charge is 0.481 e. The first-order valence-electron chi connectivity index (χ1n) is 7.72. The van der Waals surface area contributed by atoms with Crippen LogP contribution in [0.25, 0.3) is 0 Å². The van der Waals surface area contributed by atoms with E-state index in [0.717, 1.165) is 22.2 Å². The molecule has 26 heavy (non-hydrogen) atoms. The smallest absolute Gasteiger partial charge is 0.305 e. The molecule has 1 aromatic carbocycles. The van der Waals surface area contributed by atoms with Crippen LogP contribution in [0.15, 0.2) is 46.3 Å². The number of carbonyl (C=O) groups excluding carboxylic acids is 1. The molecule has 2 aliphatic rings. The Morgan fingerprint density at radius 1 is 1.27 bits per heavy atom. The minimum Gasteiger partial charge on any atom is -0.481 e. The number of amides is 1. The van der Waals surface area contributed by atoms with Crippen LogP contribution in [-0.4, -0.2) is 27.1 Å². The van der Waals surface area contributed by atoms with E-state index in [2.05, 4.69) is 6.07 Å². The minimum atomic E-state index is -1.12. The fourth-order valence-electron chi connectivity index (χ4n) is 3.04. The van der Waals surface area contributed by atoms with Crippen LogP contribution in [-0.2, 0) is 9.59 Å². The number of fused-ring (bicyclic) bond motifs is 1. The maximum atomic E-state index is 12.6. The molecule has 3 rings (SSSR count). The van der Waals surface area contributed by atoms with Gasteiger partial charge in [0.1, 0.15) is 11.1 Å². The Kier molecular flexibility index (Phi) is 4.45. The lowest BCUT2D eigenvalue weighted by Crippen LogP contribution is -2.37. The monoisotopic (exact) mass is 366 g/mol. The molecule has 2 heterocycles. The SMILES string of the molecule is Cc1ccc(C2C(C#N)=C(N)N3C(=O)C(CC(=O)O)SC3=C2C#N)cc1. The van der Waals surface area contributed by atoms with E-state index in [1.807, 2.05) is 37.3 Å². The third kappa shape index (κ3) is 2.71. The van der Waals surface area contributed by atoms with Gasteiger partial charge in [-0.2, -0.15) is 10.5 Å². The van der Waals surface area contributed by atoms with E-state index in [-0.39, 0.29) is 23.4 Å². The van der Waals surface area contributed by atoms with E-state index in [4.69, 9.17) is 10.8 Å². The predicted molar refractivity (Wildman–Crippen MR) is 93.9 cm³/mol. The second kappa shape index (κ2) is 6.58. The Morgan fingerprint density at radius 2 is 1.88 bits per heavy atom. The van der Waals surface area contributed by atoms with Crippen LogP contribution in [0.2, 0.25) is 0 Å². The van der Waals surface area contributed by atoms with Crippen molar-refractivity contribution in [3.05, 3.63) is 57.4 Å². The van der Waals surface area contributed by atoms with Crippen LogP contribution in [0.4, 0.5) is 0 Å². The van der Waals surface area contributed by atoms with Gasteiger partial charge < -0.3 is 10.8 Å². The summed E-state index contributed by atoms with van der Waals surface area (Å²) >= 11 is 1.01. The van der Waals surface area contributed by atoms with Gasteiger partial charge >= 0.3 is 5.97 Å². The lowest BCUT2D eigenvalue weighted by Gasteiger charge is -2.29. The van der Waals surface area contributed by atoms with Crippen molar-refractivity contribution in [2.75, 3.05) is 0 Å². The summed E-state index contributed by atoms with van der Waals surface area (Å²) in [5, 5.41) is 27.8. The number of carboxylic acids is 1. The number of allylic oxidation sites excluding steroid dienone is 2. The molecule has 8 heteroatoms. The first kappa shape index (κ1) is 17.6. The molecule has 0 radical (unpaired) electrons. The van der Waals surface area contributed by atoms with Gasteiger partial charge in [-0.3, -0.25) is 14.5 Å². The van der Waals surface area contributed by atoms with Gasteiger partial charge in [0, 0.05) is 0 Å². The average molecular weight is 366 g/mol. The molecule has 1 amide bonds. The summed E-state index contributed by atoms with van der Waals surface area (Å²) in [5.74, 6) is -2.36. The number of hydrogen-bond donors (Lipinski definition) is 2. The molecule has 0 bridgehead atoms. The van der Waals surface area contributed by atoms with Crippen LogP contribution in [0.3, 0.4) is 0 Å². The highest BCUT2D eigenvalue weighted by molar-refractivity contribution is 8.04. The normalized spacial score (nSPS) is 22.1. The number of aliphatic carboxylic acids is 1. The summed E-state index contributed by atoms with van der Waals surface area (Å²) in [6.07, 6.45) is -0.382. The van der Waals surface area contributed by atoms with E-state index in [1.54, 1.807) is 0 Å². The zero-order valence-electron chi connectivity index (χ0n) is 13.8. The van der Waals surface area contributed by atoms with E-state index in [9.17, 15) is 20.1 Å². The summed E-state index contributed by atoms with van der Waals surface area (Å²) in [5.41, 5.74) is 8.17. The number of thioether (sulfide) groups is 1. The highest BCUT2D eigenvalue weighted by Crippen LogP contribution is 2.49. The lowest BCUT2D eigenvalue weighted by atomic mass is 9.83. The molecule has 0 spiro atoms. The van der Waals surface area contributed by atoms with Gasteiger partial charge in [0.05, 0.1) is 40.7 Å². The number of carbonyl (C=O) groups is 2. The molecule has 0 aromatic heterocycles. The van der Waals surface area contributed by atoms with Crippen LogP contribution in [0.1, 0.15) is 23.5 Å². The van der Waals surface area contributed by atoms with E-state index >= 15 is 0 Å². The number of benzene rings is 1. The molecule has 7 nitrogen and oxygen atoms in total. The number of hydrogen-bond acceptors (Lipinski definition) is 6. The van der Waals surface area contributed by atoms with Crippen molar-refractivity contribution in [3.63, 3.8) is 0 Å². The fourth-order valence-corrected chi connectivity index (χ4v) is 4.33. The highest BCUT2D eigenvalue weighted by atomic mass is 32.2. The van der Waals surface area contributed by atoms with Gasteiger partial charge in [-0.1, -0.05) is 41.6 Å². The van der Waals surface area contributed by atoms with Crippen molar-refractivity contribution >= 4 is 23.6 Å². The number of nitriles is 2. The van der Waals surface area contributed by atoms with Crippen LogP contribution >= 0.6 is 11.8 Å². The summed E-state index contributed by atoms with van der Waals surface area (Å²) < 4.78 is 0. The molecule has 2 atom stereocenters. The van der Waals surface area contributed by atoms with Gasteiger partial charge in [-0.05, 0) is 12.5 Å². The third-order valence-corrected chi connectivity index (χ3v) is 5.57. The molecule has 3 N–H and O–H groups in total. The van der Waals surface area contributed by atoms with Gasteiger partial charge in [0.2, 0.25) is 5.91 Å². The van der Waals surface area contributed by atoms with E-state index in [1.165, 1.54) is 0 Å². The standard InChI is InChI=1S/C18H14N4O3S/c1-9-2-4-10(5-3-9)15-11(7-19)16(21)22-17(25)13(6-14(23)24)26-18(22)12(15)8-20/h2-5,13,15H,6,21H2,1H3,(H,23,24). The molecular formula is C18H14N4O3S. The molecule has 0 aliphatic carbocycles. The Labute approximate surface area is 154 Å². The Balaban J connectivity index is 2.17. The fraction of sp³-hybridized carbons (Fsp3) is 0.222. The topological polar surface area (TPSA) is 131 Å². The molecule has 2 unspecified atom stereocenters. The summed E-state index contributed by atoms with van der Waals surface area (Å²) in [7, 11) is 0. The van der Waals surface area contributed by atoms with Gasteiger partial charge in [-0.15, -0.1) is 0 Å². The molecule has 1 aromatic rings. The number of aryl methyl sites for hydroxylation is 1. The highest BCUT2D eigenvalue weighted by Gasteiger charge is 2.46. The van der Waals surface area contributed by atoms with Crippen LogP contribution in [0.5, 0.6) is 0 Å². The van der Waals surface area contributed by atoms with E-state index < -0.39 is 23.0 Å². The molecule has 0 saturated carbocycles. The number of carboxylic acid groups (broad SMARTS) is 1. The predicted octanol–water partition coefficient (Wildman–Crippen LogP) is 1.94. The molecule has 130 valence electrons. The Bertz CT molecular complexity index is 950. The second-order valence-corrected chi connectivity index (χ2v) is 7.15. The number of nitrogens with zero attached hydrogens (tertiary/aromatic N) is 3. The van der Waals surface area contributed by atoms with Crippen molar-refractivity contribution in [2.24, 2.45) is 5.73 Å². The van der Waals surface area contributed by atoms with Crippen LogP contribution in [0, 0.1) is 29.6 Å². The number of nitrogens with two attached hydrogens (primary N) is 1. The first-order valence-corrected chi connectivity index (χ1v) is 8.60. The van der Waals surface area contributed by atoms with Gasteiger partial charge in [-0.25, -0.2) is 0 Å². The van der Waals surface area contributed by atoms with E-state index in [0.29, 0.717) is 10.6 Å². The summed E-state index contributed by atoms with van der Waals surface area (Å²) in [6.45, 7) is 1.92. The number of rotatable bonds is 3. The van der Waals surface area contributed by atoms with Crippen molar-refractivity contribution in [1.29, 1.82) is 10.5 Å².